The van der Waals surface area contributed by atoms with Gasteiger partial charge in [-0.15, -0.1) is 18.4 Å². The number of aliphatic hydroxyl groups excluding tert-OH is 1. The van der Waals surface area contributed by atoms with E-state index in [1.165, 1.54) is 6.33 Å². The molecule has 0 aromatic carbocycles. The Morgan fingerprint density at radius 1 is 0.977 bits per heavy atom. The van der Waals surface area contributed by atoms with E-state index in [1.54, 1.807) is 17.0 Å². The zero-order valence-corrected chi connectivity index (χ0v) is 25.6. The van der Waals surface area contributed by atoms with E-state index in [9.17, 15) is 14.7 Å². The van der Waals surface area contributed by atoms with Crippen molar-refractivity contribution in [2.75, 3.05) is 24.7 Å². The van der Waals surface area contributed by atoms with Gasteiger partial charge in [-0.3, -0.25) is 19.6 Å². The summed E-state index contributed by atoms with van der Waals surface area (Å²) in [5.74, 6) is 2.75. The third-order valence-electron chi connectivity index (χ3n) is 7.52. The predicted molar refractivity (Wildman–Crippen MR) is 170 cm³/mol. The lowest BCUT2D eigenvalue weighted by molar-refractivity contribution is 0.204. The average molecular weight is 615 g/mol. The van der Waals surface area contributed by atoms with Gasteiger partial charge in [0.05, 0.1) is 43.4 Å². The van der Waals surface area contributed by atoms with Gasteiger partial charge in [0.15, 0.2) is 22.3 Å². The third-order valence-corrected chi connectivity index (χ3v) is 8.39. The molecule has 4 aromatic rings. The first-order chi connectivity index (χ1) is 20.8. The smallest absolute Gasteiger partial charge is 0.280 e. The number of aromatic nitrogens is 8. The second kappa shape index (κ2) is 11.3. The minimum atomic E-state index is -1.10. The fourth-order valence-electron chi connectivity index (χ4n) is 4.91. The van der Waals surface area contributed by atoms with E-state index >= 15 is 0 Å². The van der Waals surface area contributed by atoms with Crippen molar-refractivity contribution in [3.05, 3.63) is 57.7 Å². The number of anilines is 2. The van der Waals surface area contributed by atoms with Crippen LogP contribution >= 0.6 is 0 Å². The standard InChI is InChI=1S/C13H13N5O2.C11H11N5O2.C5H10Si/c1-2-13(6-19)4-3-8(5-13)18-7-15-9-10(18)16-12(14)17-11(9)20;12-10-14-8-7(9(17)15-10)13-5-16(8)6-1-2-11(3-6)4-18-11;1-5-6(2,3)4/h1,3-4,7-8,19H,5-6H2,(H3,14,16,17,20);1-2,5-6H,3-4H2,(H3,12,14,15,17);1H,2-4H3/t8-,13?;6-,11-;/m00./s1. The summed E-state index contributed by atoms with van der Waals surface area (Å²) in [5.41, 5.74) is 13.9. The molecule has 5 heterocycles. The Labute approximate surface area is 253 Å². The number of imidazole rings is 2. The van der Waals surface area contributed by atoms with Crippen LogP contribution in [-0.2, 0) is 4.74 Å². The van der Waals surface area contributed by atoms with Crippen LogP contribution < -0.4 is 22.6 Å². The van der Waals surface area contributed by atoms with Gasteiger partial charge in [-0.2, -0.15) is 9.97 Å². The van der Waals surface area contributed by atoms with Crippen LogP contribution in [0.25, 0.3) is 22.3 Å². The summed E-state index contributed by atoms with van der Waals surface area (Å²) in [6, 6.07) is 0.00287. The number of terminal acetylenes is 2. The van der Waals surface area contributed by atoms with Crippen molar-refractivity contribution < 1.29 is 9.84 Å². The molecule has 15 heteroatoms. The molecule has 4 atom stereocenters. The Morgan fingerprint density at radius 2 is 1.45 bits per heavy atom. The van der Waals surface area contributed by atoms with Gasteiger partial charge in [0, 0.05) is 6.42 Å². The summed E-state index contributed by atoms with van der Waals surface area (Å²) >= 11 is 0. The molecule has 1 saturated heterocycles. The maximum absolute atomic E-state index is 11.7. The van der Waals surface area contributed by atoms with Crippen molar-refractivity contribution in [3.63, 3.8) is 0 Å². The molecule has 3 aliphatic rings. The minimum absolute atomic E-state index is 0.0385. The summed E-state index contributed by atoms with van der Waals surface area (Å²) in [4.78, 5) is 44.7. The number of aliphatic hydroxyl groups is 1. The first kappa shape index (κ1) is 30.5. The van der Waals surface area contributed by atoms with E-state index in [-0.39, 0.29) is 52.8 Å². The van der Waals surface area contributed by atoms with E-state index in [2.05, 4.69) is 73.2 Å². The predicted octanol–water partition coefficient (Wildman–Crippen LogP) is 1.28. The number of nitrogens with two attached hydrogens (primary N) is 2. The third kappa shape index (κ3) is 6.07. The van der Waals surface area contributed by atoms with Crippen LogP contribution in [0.15, 0.2) is 46.5 Å². The van der Waals surface area contributed by atoms with Crippen molar-refractivity contribution in [1.82, 2.24) is 39.0 Å². The molecule has 14 nitrogen and oxygen atoms in total. The van der Waals surface area contributed by atoms with Crippen molar-refractivity contribution >= 4 is 42.3 Å². The first-order valence-corrected chi connectivity index (χ1v) is 17.4. The lowest BCUT2D eigenvalue weighted by atomic mass is 9.89. The minimum Gasteiger partial charge on any atom is -0.394 e. The monoisotopic (exact) mass is 614 g/mol. The molecular formula is C29H34N10O4Si. The Balaban J connectivity index is 0.000000148. The van der Waals surface area contributed by atoms with Gasteiger partial charge in [-0.25, -0.2) is 9.97 Å². The molecule has 1 aliphatic heterocycles. The molecule has 7 rings (SSSR count). The average Bonchev–Trinajstić information content (AvgIpc) is 3.40. The number of nitrogen functional groups attached to an aromatic ring is 2. The maximum Gasteiger partial charge on any atom is 0.280 e. The zero-order chi connectivity index (χ0) is 31.9. The topological polar surface area (TPSA) is 212 Å². The van der Waals surface area contributed by atoms with Crippen molar-refractivity contribution in [1.29, 1.82) is 0 Å². The highest BCUT2D eigenvalue weighted by molar-refractivity contribution is 6.83. The molecule has 0 saturated carbocycles. The van der Waals surface area contributed by atoms with E-state index in [0.717, 1.165) is 13.0 Å². The molecule has 1 unspecified atom stereocenters. The normalized spacial score (nSPS) is 24.9. The number of aromatic amines is 2. The molecule has 0 radical (unpaired) electrons. The molecule has 4 aromatic heterocycles. The fourth-order valence-corrected chi connectivity index (χ4v) is 4.91. The van der Waals surface area contributed by atoms with Gasteiger partial charge in [0.1, 0.15) is 13.7 Å². The molecular weight excluding hydrogens is 580 g/mol. The van der Waals surface area contributed by atoms with Crippen LogP contribution in [-0.4, -0.2) is 71.0 Å². The van der Waals surface area contributed by atoms with Gasteiger partial charge in [0.2, 0.25) is 11.9 Å². The number of hydrogen-bond acceptors (Lipinski definition) is 10. The zero-order valence-electron chi connectivity index (χ0n) is 24.6. The van der Waals surface area contributed by atoms with E-state index in [1.807, 2.05) is 10.6 Å². The van der Waals surface area contributed by atoms with Crippen LogP contribution in [0.1, 0.15) is 24.9 Å². The number of ether oxygens (including phenoxy) is 1. The molecule has 7 N–H and O–H groups in total. The highest BCUT2D eigenvalue weighted by Gasteiger charge is 2.47. The number of hydrogen-bond donors (Lipinski definition) is 5. The number of rotatable bonds is 3. The lowest BCUT2D eigenvalue weighted by Gasteiger charge is -2.20. The van der Waals surface area contributed by atoms with Crippen LogP contribution in [0.4, 0.5) is 11.9 Å². The largest absolute Gasteiger partial charge is 0.394 e. The number of fused-ring (bicyclic) bond motifs is 2. The summed E-state index contributed by atoms with van der Waals surface area (Å²) in [6.07, 6.45) is 23.0. The highest BCUT2D eigenvalue weighted by Crippen LogP contribution is 2.43. The molecule has 44 heavy (non-hydrogen) atoms. The molecule has 2 aliphatic carbocycles. The maximum atomic E-state index is 11.7. The molecule has 0 bridgehead atoms. The van der Waals surface area contributed by atoms with Gasteiger partial charge in [0.25, 0.3) is 11.1 Å². The number of nitrogens with zero attached hydrogens (tertiary/aromatic N) is 6. The van der Waals surface area contributed by atoms with Gasteiger partial charge < -0.3 is 30.4 Å². The van der Waals surface area contributed by atoms with Gasteiger partial charge >= 0.3 is 0 Å². The first-order valence-electron chi connectivity index (χ1n) is 13.9. The summed E-state index contributed by atoms with van der Waals surface area (Å²) < 4.78 is 9.02. The Bertz CT molecular complexity index is 1980. The van der Waals surface area contributed by atoms with E-state index < -0.39 is 13.5 Å². The van der Waals surface area contributed by atoms with Crippen LogP contribution in [0, 0.1) is 29.7 Å². The molecule has 1 fully saturated rings. The SMILES string of the molecule is C#CC1(CO)C=C[C@H](n2cnc3c(=O)[nH]c(N)nc32)C1.C#C[Si](C)(C)C.Nc1nc2c(ncn2[C@H]2C=C[C@@]3(CO3)C2)c(=O)[nH]1. The van der Waals surface area contributed by atoms with Crippen LogP contribution in [0.2, 0.25) is 19.6 Å². The quantitative estimate of drug-likeness (QED) is 0.0965. The summed E-state index contributed by atoms with van der Waals surface area (Å²) in [7, 11) is -1.10. The second-order valence-corrected chi connectivity index (χ2v) is 16.8. The van der Waals surface area contributed by atoms with Crippen molar-refractivity contribution in [2.24, 2.45) is 5.41 Å². The van der Waals surface area contributed by atoms with Gasteiger partial charge in [-0.1, -0.05) is 49.9 Å². The second-order valence-electron chi connectivity index (χ2n) is 12.0. The van der Waals surface area contributed by atoms with Crippen LogP contribution in [0.3, 0.4) is 0 Å². The van der Waals surface area contributed by atoms with Crippen LogP contribution in [0.5, 0.6) is 0 Å². The van der Waals surface area contributed by atoms with E-state index in [0.29, 0.717) is 23.2 Å². The summed E-state index contributed by atoms with van der Waals surface area (Å²) in [6.45, 7) is 7.08. The molecule has 1 spiro atoms. The number of nitrogens with one attached hydrogen (secondary N) is 2. The van der Waals surface area contributed by atoms with Crippen molar-refractivity contribution in [3.8, 4) is 24.3 Å². The van der Waals surface area contributed by atoms with Gasteiger partial charge in [-0.05, 0) is 6.42 Å². The molecule has 228 valence electrons. The highest BCUT2D eigenvalue weighted by atomic mass is 28.3. The Morgan fingerprint density at radius 3 is 1.84 bits per heavy atom. The fraction of sp³-hybridized carbons (Fsp3) is 0.379. The number of allylic oxidation sites excluding steroid dienone is 2. The summed E-state index contributed by atoms with van der Waals surface area (Å²) in [5, 5.41) is 9.42. The number of epoxide rings is 1. The Hall–Kier alpha value is -4.96. The number of H-pyrrole nitrogens is 2. The molecule has 0 amide bonds. The lowest BCUT2D eigenvalue weighted by Crippen LogP contribution is -2.20. The van der Waals surface area contributed by atoms with Crippen molar-refractivity contribution in [2.45, 2.75) is 50.2 Å². The Kier molecular flexibility index (Phi) is 7.81. The van der Waals surface area contributed by atoms with E-state index in [4.69, 9.17) is 29.1 Å².